The van der Waals surface area contributed by atoms with E-state index in [9.17, 15) is 0 Å². The molecule has 0 atom stereocenters. The van der Waals surface area contributed by atoms with Crippen LogP contribution in [0.25, 0.3) is 0 Å². The molecule has 3 heteroatoms. The smallest absolute Gasteiger partial charge is 0.118 e. The van der Waals surface area contributed by atoms with E-state index >= 15 is 0 Å². The van der Waals surface area contributed by atoms with Gasteiger partial charge in [0.2, 0.25) is 0 Å². The molecule has 0 spiro atoms. The molecule has 1 heterocycles. The van der Waals surface area contributed by atoms with Crippen molar-refractivity contribution in [2.75, 3.05) is 7.05 Å². The lowest BCUT2D eigenvalue weighted by molar-refractivity contribution is 0.132. The van der Waals surface area contributed by atoms with Crippen molar-refractivity contribution in [3.8, 4) is 0 Å². The van der Waals surface area contributed by atoms with E-state index in [0.29, 0.717) is 6.54 Å². The zero-order valence-electron chi connectivity index (χ0n) is 11.1. The van der Waals surface area contributed by atoms with Crippen LogP contribution in [-0.2, 0) is 13.1 Å². The summed E-state index contributed by atoms with van der Waals surface area (Å²) < 4.78 is 5.69. The van der Waals surface area contributed by atoms with Crippen molar-refractivity contribution < 1.29 is 4.42 Å². The van der Waals surface area contributed by atoms with E-state index in [-0.39, 0.29) is 5.54 Å². The van der Waals surface area contributed by atoms with Gasteiger partial charge in [0.05, 0.1) is 6.54 Å². The number of hydrogen-bond donors (Lipinski definition) is 1. The Hall–Kier alpha value is -0.800. The average molecular weight is 224 g/mol. The standard InChI is InChI=1S/C13H24N2O/c1-6-13(3,4)15(5)9-12-7-11(8-14)10(2)16-12/h7H,6,8-9,14H2,1-5H3. The SMILES string of the molecule is CCC(C)(C)N(C)Cc1cc(CN)c(C)o1. The van der Waals surface area contributed by atoms with E-state index in [4.69, 9.17) is 10.2 Å². The second kappa shape index (κ2) is 5.02. The van der Waals surface area contributed by atoms with Gasteiger partial charge in [0.1, 0.15) is 11.5 Å². The van der Waals surface area contributed by atoms with E-state index < -0.39 is 0 Å². The minimum atomic E-state index is 0.198. The van der Waals surface area contributed by atoms with Gasteiger partial charge in [0, 0.05) is 17.6 Å². The molecular formula is C13H24N2O. The molecule has 0 bridgehead atoms. The first-order valence-corrected chi connectivity index (χ1v) is 5.90. The molecule has 0 aromatic carbocycles. The summed E-state index contributed by atoms with van der Waals surface area (Å²) in [5.41, 5.74) is 6.94. The minimum absolute atomic E-state index is 0.198. The van der Waals surface area contributed by atoms with E-state index in [1.54, 1.807) is 0 Å². The quantitative estimate of drug-likeness (QED) is 0.836. The monoisotopic (exact) mass is 224 g/mol. The fourth-order valence-electron chi connectivity index (χ4n) is 1.59. The summed E-state index contributed by atoms with van der Waals surface area (Å²) in [7, 11) is 2.13. The molecule has 0 amide bonds. The van der Waals surface area contributed by atoms with Crippen molar-refractivity contribution in [2.24, 2.45) is 5.73 Å². The number of rotatable bonds is 5. The normalized spacial score (nSPS) is 12.4. The maximum absolute atomic E-state index is 5.69. The molecule has 0 unspecified atom stereocenters. The highest BCUT2D eigenvalue weighted by atomic mass is 16.3. The van der Waals surface area contributed by atoms with E-state index in [1.807, 2.05) is 6.92 Å². The molecule has 1 aromatic rings. The number of aryl methyl sites for hydroxylation is 1. The first-order valence-electron chi connectivity index (χ1n) is 5.90. The maximum atomic E-state index is 5.69. The molecule has 1 aromatic heterocycles. The second-order valence-electron chi connectivity index (χ2n) is 5.02. The predicted octanol–water partition coefficient (Wildman–Crippen LogP) is 2.67. The Labute approximate surface area is 98.6 Å². The lowest BCUT2D eigenvalue weighted by atomic mass is 10.00. The third-order valence-corrected chi connectivity index (χ3v) is 3.58. The van der Waals surface area contributed by atoms with Crippen LogP contribution in [0, 0.1) is 6.92 Å². The van der Waals surface area contributed by atoms with Gasteiger partial charge in [0.25, 0.3) is 0 Å². The van der Waals surface area contributed by atoms with Crippen LogP contribution in [0.15, 0.2) is 10.5 Å². The fourth-order valence-corrected chi connectivity index (χ4v) is 1.59. The van der Waals surface area contributed by atoms with E-state index in [0.717, 1.165) is 30.0 Å². The van der Waals surface area contributed by atoms with Crippen molar-refractivity contribution >= 4 is 0 Å². The van der Waals surface area contributed by atoms with Crippen molar-refractivity contribution in [1.82, 2.24) is 4.90 Å². The highest BCUT2D eigenvalue weighted by Crippen LogP contribution is 2.21. The summed E-state index contributed by atoms with van der Waals surface area (Å²) in [4.78, 5) is 2.31. The van der Waals surface area contributed by atoms with Crippen LogP contribution in [0.4, 0.5) is 0 Å². The third-order valence-electron chi connectivity index (χ3n) is 3.58. The minimum Gasteiger partial charge on any atom is -0.465 e. The van der Waals surface area contributed by atoms with Crippen LogP contribution in [0.2, 0.25) is 0 Å². The van der Waals surface area contributed by atoms with Gasteiger partial charge in [-0.15, -0.1) is 0 Å². The van der Waals surface area contributed by atoms with E-state index in [1.165, 1.54) is 0 Å². The molecule has 0 aliphatic carbocycles. The van der Waals surface area contributed by atoms with Gasteiger partial charge in [-0.3, -0.25) is 4.90 Å². The first-order chi connectivity index (χ1) is 7.40. The van der Waals surface area contributed by atoms with Crippen LogP contribution < -0.4 is 5.73 Å². The number of nitrogens with zero attached hydrogens (tertiary/aromatic N) is 1. The van der Waals surface area contributed by atoms with Crippen LogP contribution in [-0.4, -0.2) is 17.5 Å². The number of nitrogens with two attached hydrogens (primary N) is 1. The number of hydrogen-bond acceptors (Lipinski definition) is 3. The molecule has 1 rings (SSSR count). The average Bonchev–Trinajstić information content (AvgIpc) is 2.58. The molecule has 0 fully saturated rings. The molecule has 0 saturated heterocycles. The first kappa shape index (κ1) is 13.3. The van der Waals surface area contributed by atoms with Crippen molar-refractivity contribution in [3.05, 3.63) is 23.2 Å². The van der Waals surface area contributed by atoms with Gasteiger partial charge in [-0.05, 0) is 40.3 Å². The van der Waals surface area contributed by atoms with Crippen LogP contribution in [0.5, 0.6) is 0 Å². The Balaban J connectivity index is 2.73. The molecule has 0 aliphatic heterocycles. The molecule has 0 radical (unpaired) electrons. The third kappa shape index (κ3) is 2.86. The molecule has 0 saturated carbocycles. The molecule has 92 valence electrons. The molecular weight excluding hydrogens is 200 g/mol. The highest BCUT2D eigenvalue weighted by Gasteiger charge is 2.22. The van der Waals surface area contributed by atoms with Gasteiger partial charge in [-0.25, -0.2) is 0 Å². The van der Waals surface area contributed by atoms with Crippen molar-refractivity contribution in [1.29, 1.82) is 0 Å². The summed E-state index contributed by atoms with van der Waals surface area (Å²) in [5, 5.41) is 0. The van der Waals surface area contributed by atoms with Crippen LogP contribution in [0.3, 0.4) is 0 Å². The summed E-state index contributed by atoms with van der Waals surface area (Å²) in [6.07, 6.45) is 1.12. The molecule has 3 nitrogen and oxygen atoms in total. The Bertz CT molecular complexity index is 342. The van der Waals surface area contributed by atoms with Gasteiger partial charge in [0.15, 0.2) is 0 Å². The van der Waals surface area contributed by atoms with Gasteiger partial charge in [-0.2, -0.15) is 0 Å². The van der Waals surface area contributed by atoms with Gasteiger partial charge in [-0.1, -0.05) is 6.92 Å². The molecule has 2 N–H and O–H groups in total. The fraction of sp³-hybridized carbons (Fsp3) is 0.692. The predicted molar refractivity (Wildman–Crippen MR) is 67.2 cm³/mol. The zero-order valence-corrected chi connectivity index (χ0v) is 11.1. The van der Waals surface area contributed by atoms with Crippen LogP contribution in [0.1, 0.15) is 44.3 Å². The summed E-state index contributed by atoms with van der Waals surface area (Å²) in [6, 6.07) is 2.07. The Morgan fingerprint density at radius 1 is 1.44 bits per heavy atom. The largest absolute Gasteiger partial charge is 0.465 e. The summed E-state index contributed by atoms with van der Waals surface area (Å²) in [6.45, 7) is 10.0. The van der Waals surface area contributed by atoms with E-state index in [2.05, 4.69) is 38.8 Å². The zero-order chi connectivity index (χ0) is 12.3. The summed E-state index contributed by atoms with van der Waals surface area (Å²) in [5.74, 6) is 1.95. The topological polar surface area (TPSA) is 42.4 Å². The molecule has 16 heavy (non-hydrogen) atoms. The summed E-state index contributed by atoms with van der Waals surface area (Å²) >= 11 is 0. The van der Waals surface area contributed by atoms with Crippen molar-refractivity contribution in [2.45, 2.75) is 52.7 Å². The Morgan fingerprint density at radius 3 is 2.50 bits per heavy atom. The maximum Gasteiger partial charge on any atom is 0.118 e. The van der Waals surface area contributed by atoms with Crippen molar-refractivity contribution in [3.63, 3.8) is 0 Å². The highest BCUT2D eigenvalue weighted by molar-refractivity contribution is 5.20. The number of furan rings is 1. The lowest BCUT2D eigenvalue weighted by Crippen LogP contribution is -2.39. The van der Waals surface area contributed by atoms with Gasteiger partial charge < -0.3 is 10.2 Å². The second-order valence-corrected chi connectivity index (χ2v) is 5.02. The van der Waals surface area contributed by atoms with Gasteiger partial charge >= 0.3 is 0 Å². The lowest BCUT2D eigenvalue weighted by Gasteiger charge is -2.34. The van der Waals surface area contributed by atoms with Crippen LogP contribution >= 0.6 is 0 Å². The Morgan fingerprint density at radius 2 is 2.06 bits per heavy atom. The Kier molecular flexibility index (Phi) is 4.16. The molecule has 0 aliphatic rings.